The topological polar surface area (TPSA) is 49.4 Å². The summed E-state index contributed by atoms with van der Waals surface area (Å²) in [5.74, 6) is 1.85. The van der Waals surface area contributed by atoms with E-state index in [2.05, 4.69) is 26.1 Å². The van der Waals surface area contributed by atoms with Crippen molar-refractivity contribution in [2.24, 2.45) is 17.8 Å². The summed E-state index contributed by atoms with van der Waals surface area (Å²) in [6.45, 7) is 7.35. The Morgan fingerprint density at radius 2 is 2.06 bits per heavy atom. The van der Waals surface area contributed by atoms with Gasteiger partial charge in [0.05, 0.1) is 6.54 Å². The molecule has 0 spiro atoms. The van der Waals surface area contributed by atoms with Gasteiger partial charge in [-0.05, 0) is 30.6 Å². The highest BCUT2D eigenvalue weighted by molar-refractivity contribution is 5.94. The summed E-state index contributed by atoms with van der Waals surface area (Å²) in [4.78, 5) is 25.5. The van der Waals surface area contributed by atoms with E-state index in [1.807, 2.05) is 0 Å². The van der Waals surface area contributed by atoms with E-state index in [9.17, 15) is 9.59 Å². The van der Waals surface area contributed by atoms with Crippen LogP contribution in [0.2, 0.25) is 0 Å². The summed E-state index contributed by atoms with van der Waals surface area (Å²) >= 11 is 0. The molecule has 2 rings (SSSR count). The van der Waals surface area contributed by atoms with Crippen molar-refractivity contribution in [3.05, 3.63) is 0 Å². The summed E-state index contributed by atoms with van der Waals surface area (Å²) in [5, 5.41) is 2.80. The van der Waals surface area contributed by atoms with Crippen molar-refractivity contribution in [3.8, 4) is 0 Å². The number of carbonyl (C=O) groups excluding carboxylic acids is 2. The van der Waals surface area contributed by atoms with Crippen LogP contribution in [0.5, 0.6) is 0 Å². The first-order valence-electron chi connectivity index (χ1n) is 6.55. The van der Waals surface area contributed by atoms with E-state index < -0.39 is 0 Å². The fourth-order valence-electron chi connectivity index (χ4n) is 2.50. The lowest BCUT2D eigenvalue weighted by Gasteiger charge is -2.33. The SMILES string of the molecule is CC(C)CC1NC(=O)CN(CC2CC2C)C1=O. The molecule has 0 aromatic carbocycles. The predicted molar refractivity (Wildman–Crippen MR) is 65.2 cm³/mol. The van der Waals surface area contributed by atoms with Gasteiger partial charge in [-0.1, -0.05) is 20.8 Å². The minimum atomic E-state index is -0.301. The molecule has 4 heteroatoms. The standard InChI is InChI=1S/C13H22N2O2/c1-8(2)4-11-13(17)15(7-12(16)14-11)6-10-5-9(10)3/h8-11H,4-7H2,1-3H3,(H,14,16). The smallest absolute Gasteiger partial charge is 0.245 e. The molecule has 3 unspecified atom stereocenters. The molecule has 2 amide bonds. The second-order valence-electron chi connectivity index (χ2n) is 5.94. The number of rotatable bonds is 4. The van der Waals surface area contributed by atoms with Gasteiger partial charge in [-0.2, -0.15) is 0 Å². The van der Waals surface area contributed by atoms with Gasteiger partial charge in [0.25, 0.3) is 0 Å². The van der Waals surface area contributed by atoms with Crippen LogP contribution in [-0.2, 0) is 9.59 Å². The minimum Gasteiger partial charge on any atom is -0.343 e. The minimum absolute atomic E-state index is 0.0106. The number of hydrogen-bond donors (Lipinski definition) is 1. The molecule has 4 nitrogen and oxygen atoms in total. The summed E-state index contributed by atoms with van der Waals surface area (Å²) < 4.78 is 0. The van der Waals surface area contributed by atoms with Crippen LogP contribution in [0.25, 0.3) is 0 Å². The molecule has 1 saturated carbocycles. The molecular weight excluding hydrogens is 216 g/mol. The maximum absolute atomic E-state index is 12.2. The van der Waals surface area contributed by atoms with Crippen molar-refractivity contribution >= 4 is 11.8 Å². The predicted octanol–water partition coefficient (Wildman–Crippen LogP) is 1.02. The molecule has 17 heavy (non-hydrogen) atoms. The first-order chi connectivity index (χ1) is 7.97. The zero-order valence-corrected chi connectivity index (χ0v) is 10.9. The van der Waals surface area contributed by atoms with E-state index >= 15 is 0 Å². The molecule has 0 aromatic rings. The number of hydrogen-bond acceptors (Lipinski definition) is 2. The Bertz CT molecular complexity index is 327. The molecule has 1 heterocycles. The fourth-order valence-corrected chi connectivity index (χ4v) is 2.50. The summed E-state index contributed by atoms with van der Waals surface area (Å²) in [7, 11) is 0. The number of nitrogens with one attached hydrogen (secondary N) is 1. The molecule has 1 saturated heterocycles. The Morgan fingerprint density at radius 3 is 2.59 bits per heavy atom. The van der Waals surface area contributed by atoms with Gasteiger partial charge in [0.2, 0.25) is 11.8 Å². The number of carbonyl (C=O) groups is 2. The van der Waals surface area contributed by atoms with E-state index in [0.29, 0.717) is 11.8 Å². The van der Waals surface area contributed by atoms with Crippen LogP contribution in [0.1, 0.15) is 33.6 Å². The molecular formula is C13H22N2O2. The van der Waals surface area contributed by atoms with Crippen molar-refractivity contribution in [2.45, 2.75) is 39.7 Å². The molecule has 2 aliphatic rings. The molecule has 96 valence electrons. The van der Waals surface area contributed by atoms with Gasteiger partial charge >= 0.3 is 0 Å². The summed E-state index contributed by atoms with van der Waals surface area (Å²) in [5.41, 5.74) is 0. The fraction of sp³-hybridized carbons (Fsp3) is 0.846. The zero-order chi connectivity index (χ0) is 12.6. The molecule has 1 aliphatic carbocycles. The van der Waals surface area contributed by atoms with Crippen LogP contribution in [0, 0.1) is 17.8 Å². The number of nitrogens with zero attached hydrogens (tertiary/aromatic N) is 1. The van der Waals surface area contributed by atoms with Crippen molar-refractivity contribution in [1.82, 2.24) is 10.2 Å². The van der Waals surface area contributed by atoms with Crippen LogP contribution in [-0.4, -0.2) is 35.8 Å². The Hall–Kier alpha value is -1.06. The molecule has 1 N–H and O–H groups in total. The van der Waals surface area contributed by atoms with Crippen LogP contribution >= 0.6 is 0 Å². The van der Waals surface area contributed by atoms with Crippen LogP contribution < -0.4 is 5.32 Å². The maximum atomic E-state index is 12.2. The molecule has 2 fully saturated rings. The van der Waals surface area contributed by atoms with Crippen LogP contribution in [0.3, 0.4) is 0 Å². The van der Waals surface area contributed by atoms with E-state index in [-0.39, 0.29) is 24.4 Å². The molecule has 0 radical (unpaired) electrons. The largest absolute Gasteiger partial charge is 0.343 e. The van der Waals surface area contributed by atoms with Crippen molar-refractivity contribution in [3.63, 3.8) is 0 Å². The van der Waals surface area contributed by atoms with Crippen LogP contribution in [0.15, 0.2) is 0 Å². The van der Waals surface area contributed by atoms with Gasteiger partial charge < -0.3 is 10.2 Å². The maximum Gasteiger partial charge on any atom is 0.245 e. The zero-order valence-electron chi connectivity index (χ0n) is 10.9. The molecule has 1 aliphatic heterocycles. The quantitative estimate of drug-likeness (QED) is 0.795. The van der Waals surface area contributed by atoms with E-state index in [0.717, 1.165) is 18.9 Å². The average molecular weight is 238 g/mol. The van der Waals surface area contributed by atoms with Gasteiger partial charge in [-0.3, -0.25) is 9.59 Å². The Balaban J connectivity index is 1.95. The first-order valence-corrected chi connectivity index (χ1v) is 6.55. The van der Waals surface area contributed by atoms with Crippen molar-refractivity contribution in [1.29, 1.82) is 0 Å². The highest BCUT2D eigenvalue weighted by Gasteiger charge is 2.39. The normalized spacial score (nSPS) is 32.9. The van der Waals surface area contributed by atoms with Gasteiger partial charge in [-0.15, -0.1) is 0 Å². The molecule has 0 aromatic heterocycles. The lowest BCUT2D eigenvalue weighted by Crippen LogP contribution is -2.58. The summed E-state index contributed by atoms with van der Waals surface area (Å²) in [6.07, 6.45) is 1.93. The summed E-state index contributed by atoms with van der Waals surface area (Å²) in [6, 6.07) is -0.301. The van der Waals surface area contributed by atoms with Crippen molar-refractivity contribution in [2.75, 3.05) is 13.1 Å². The van der Waals surface area contributed by atoms with Gasteiger partial charge in [0.15, 0.2) is 0 Å². The third-order valence-electron chi connectivity index (χ3n) is 3.72. The number of amides is 2. The second-order valence-corrected chi connectivity index (χ2v) is 5.94. The lowest BCUT2D eigenvalue weighted by molar-refractivity contribution is -0.145. The van der Waals surface area contributed by atoms with E-state index in [1.54, 1.807) is 4.90 Å². The third-order valence-corrected chi connectivity index (χ3v) is 3.72. The monoisotopic (exact) mass is 238 g/mol. The van der Waals surface area contributed by atoms with Crippen LogP contribution in [0.4, 0.5) is 0 Å². The number of piperazine rings is 1. The van der Waals surface area contributed by atoms with Gasteiger partial charge in [0.1, 0.15) is 6.04 Å². The molecule has 0 bridgehead atoms. The van der Waals surface area contributed by atoms with Gasteiger partial charge in [-0.25, -0.2) is 0 Å². The first kappa shape index (κ1) is 12.4. The van der Waals surface area contributed by atoms with Crippen molar-refractivity contribution < 1.29 is 9.59 Å². The third kappa shape index (κ3) is 2.99. The second kappa shape index (κ2) is 4.67. The van der Waals surface area contributed by atoms with E-state index in [1.165, 1.54) is 6.42 Å². The Morgan fingerprint density at radius 1 is 1.41 bits per heavy atom. The Kier molecular flexibility index (Phi) is 3.40. The lowest BCUT2D eigenvalue weighted by atomic mass is 10.0. The molecule has 3 atom stereocenters. The van der Waals surface area contributed by atoms with Gasteiger partial charge in [0, 0.05) is 6.54 Å². The Labute approximate surface area is 103 Å². The average Bonchev–Trinajstić information content (AvgIpc) is 2.89. The highest BCUT2D eigenvalue weighted by Crippen LogP contribution is 2.38. The van der Waals surface area contributed by atoms with E-state index in [4.69, 9.17) is 0 Å². The highest BCUT2D eigenvalue weighted by atomic mass is 16.2.